The van der Waals surface area contributed by atoms with E-state index in [1.807, 2.05) is 72.8 Å². The fraction of sp³-hybridized carbons (Fsp3) is 0. The van der Waals surface area contributed by atoms with Crippen molar-refractivity contribution in [1.29, 1.82) is 0 Å². The number of carbonyl (C=O) groups is 1. The summed E-state index contributed by atoms with van der Waals surface area (Å²) in [6.45, 7) is 0. The number of benzene rings is 4. The maximum absolute atomic E-state index is 12.9. The predicted molar refractivity (Wildman–Crippen MR) is 127 cm³/mol. The zero-order valence-corrected chi connectivity index (χ0v) is 18.1. The molecule has 0 unspecified atom stereocenters. The van der Waals surface area contributed by atoms with Crippen LogP contribution in [-0.2, 0) is 0 Å². The zero-order chi connectivity index (χ0) is 20.6. The van der Waals surface area contributed by atoms with E-state index in [9.17, 15) is 4.79 Å². The Morgan fingerprint density at radius 2 is 1.17 bits per heavy atom. The van der Waals surface area contributed by atoms with E-state index in [1.54, 1.807) is 6.08 Å². The van der Waals surface area contributed by atoms with Gasteiger partial charge < -0.3 is 0 Å². The Morgan fingerprint density at radius 3 is 1.83 bits per heavy atom. The summed E-state index contributed by atoms with van der Waals surface area (Å²) in [5, 5.41) is 3.54. The Morgan fingerprint density at radius 1 is 0.633 bits per heavy atom. The van der Waals surface area contributed by atoms with Crippen molar-refractivity contribution in [2.75, 3.05) is 5.32 Å². The van der Waals surface area contributed by atoms with E-state index >= 15 is 0 Å². The quantitative estimate of drug-likeness (QED) is 0.250. The molecule has 4 aromatic rings. The van der Waals surface area contributed by atoms with Crippen LogP contribution in [0.15, 0.2) is 121 Å². The molecule has 0 bridgehead atoms. The molecule has 0 saturated heterocycles. The molecule has 0 fully saturated rings. The second kappa shape index (κ2) is 9.89. The van der Waals surface area contributed by atoms with Gasteiger partial charge in [-0.15, -0.1) is 0 Å². The summed E-state index contributed by atoms with van der Waals surface area (Å²) >= 11 is 0.163. The Kier molecular flexibility index (Phi) is 6.56. The van der Waals surface area contributed by atoms with E-state index in [0.717, 1.165) is 16.9 Å². The summed E-state index contributed by atoms with van der Waals surface area (Å²) in [6.07, 6.45) is 1.69. The Hall–Kier alpha value is -3.39. The minimum atomic E-state index is -0.0204. The zero-order valence-electron chi connectivity index (χ0n) is 16.4. The van der Waals surface area contributed by atoms with Crippen molar-refractivity contribution in [3.05, 3.63) is 132 Å². The van der Waals surface area contributed by atoms with E-state index in [-0.39, 0.29) is 20.7 Å². The second-order valence-electron chi connectivity index (χ2n) is 6.69. The van der Waals surface area contributed by atoms with Crippen LogP contribution in [0.1, 0.15) is 15.9 Å². The number of ketones is 1. The van der Waals surface area contributed by atoms with Gasteiger partial charge >= 0.3 is 184 Å². The average Bonchev–Trinajstić information content (AvgIpc) is 2.81. The van der Waals surface area contributed by atoms with Crippen LogP contribution in [0.4, 0.5) is 5.69 Å². The summed E-state index contributed by atoms with van der Waals surface area (Å²) in [4.78, 5) is 12.9. The third-order valence-corrected chi connectivity index (χ3v) is 6.82. The molecule has 1 N–H and O–H groups in total. The summed E-state index contributed by atoms with van der Waals surface area (Å²) < 4.78 is 2.55. The molecule has 0 heterocycles. The monoisotopic (exact) mass is 455 g/mol. The molecule has 4 rings (SSSR count). The van der Waals surface area contributed by atoms with Gasteiger partial charge in [0.25, 0.3) is 0 Å². The van der Waals surface area contributed by atoms with Crippen molar-refractivity contribution in [3.8, 4) is 0 Å². The van der Waals surface area contributed by atoms with Crippen LogP contribution in [0.25, 0.3) is 5.70 Å². The van der Waals surface area contributed by atoms with Gasteiger partial charge in [0, 0.05) is 0 Å². The van der Waals surface area contributed by atoms with Crippen molar-refractivity contribution in [3.63, 3.8) is 0 Å². The van der Waals surface area contributed by atoms with Crippen molar-refractivity contribution in [2.24, 2.45) is 0 Å². The molecule has 0 aromatic heterocycles. The van der Waals surface area contributed by atoms with Crippen molar-refractivity contribution >= 4 is 41.0 Å². The molecule has 0 aliphatic rings. The number of hydrogen-bond donors (Lipinski definition) is 1. The van der Waals surface area contributed by atoms with Crippen LogP contribution in [0, 0.1) is 0 Å². The third-order valence-electron chi connectivity index (χ3n) is 4.55. The Labute approximate surface area is 183 Å². The van der Waals surface area contributed by atoms with E-state index < -0.39 is 0 Å². The van der Waals surface area contributed by atoms with E-state index in [4.69, 9.17) is 0 Å². The van der Waals surface area contributed by atoms with Crippen LogP contribution >= 0.6 is 0 Å². The van der Waals surface area contributed by atoms with Gasteiger partial charge in [-0.05, 0) is 0 Å². The molecule has 0 radical (unpaired) electrons. The molecule has 0 atom stereocenters. The summed E-state index contributed by atoms with van der Waals surface area (Å²) in [7, 11) is 0. The first-order valence-electron chi connectivity index (χ1n) is 9.75. The molecule has 3 heteroatoms. The Balaban J connectivity index is 1.68. The first kappa shape index (κ1) is 19.9. The van der Waals surface area contributed by atoms with Gasteiger partial charge in [0.2, 0.25) is 0 Å². The molecular weight excluding hydrogens is 433 g/mol. The third kappa shape index (κ3) is 5.15. The van der Waals surface area contributed by atoms with Crippen LogP contribution in [0.3, 0.4) is 0 Å². The number of rotatable bonds is 7. The first-order chi connectivity index (χ1) is 14.8. The van der Waals surface area contributed by atoms with E-state index in [1.165, 1.54) is 8.92 Å². The molecule has 30 heavy (non-hydrogen) atoms. The van der Waals surface area contributed by atoms with E-state index in [0.29, 0.717) is 5.56 Å². The fourth-order valence-corrected chi connectivity index (χ4v) is 4.98. The normalized spacial score (nSPS) is 11.1. The van der Waals surface area contributed by atoms with E-state index in [2.05, 4.69) is 47.8 Å². The van der Waals surface area contributed by atoms with Crippen LogP contribution in [-0.4, -0.2) is 20.7 Å². The molecule has 0 aliphatic heterocycles. The molecule has 0 spiro atoms. The molecular formula is C27H21NOSe. The fourth-order valence-electron chi connectivity index (χ4n) is 3.05. The molecule has 0 aliphatic carbocycles. The number of nitrogens with one attached hydrogen (secondary N) is 1. The standard InChI is InChI=1S/C27H21NOSe/c29-26(22-14-6-2-7-15-22)20-25(21-12-4-1-5-13-21)28-24-18-10-11-19-27(24)30-23-16-8-3-9-17-23/h1-20,28H. The van der Waals surface area contributed by atoms with Gasteiger partial charge in [-0.2, -0.15) is 0 Å². The number of hydrogen-bond acceptors (Lipinski definition) is 2. The number of allylic oxidation sites excluding steroid dienone is 1. The average molecular weight is 454 g/mol. The van der Waals surface area contributed by atoms with Crippen LogP contribution < -0.4 is 14.2 Å². The minimum absolute atomic E-state index is 0.0204. The molecule has 0 saturated carbocycles. The number of para-hydroxylation sites is 1. The SMILES string of the molecule is O=C(C=C(Nc1ccccc1[Se]c1ccccc1)c1ccccc1)c1ccccc1. The summed E-state index contributed by atoms with van der Waals surface area (Å²) in [6, 6.07) is 38.1. The van der Waals surface area contributed by atoms with Crippen LogP contribution in [0.2, 0.25) is 0 Å². The van der Waals surface area contributed by atoms with Crippen molar-refractivity contribution in [2.45, 2.75) is 0 Å². The maximum atomic E-state index is 12.9. The first-order valence-corrected chi connectivity index (χ1v) is 11.5. The number of anilines is 1. The Bertz CT molecular complexity index is 1140. The molecule has 4 aromatic carbocycles. The topological polar surface area (TPSA) is 29.1 Å². The van der Waals surface area contributed by atoms with Gasteiger partial charge in [0.1, 0.15) is 0 Å². The van der Waals surface area contributed by atoms with Gasteiger partial charge in [-0.25, -0.2) is 0 Å². The van der Waals surface area contributed by atoms with Gasteiger partial charge in [0.05, 0.1) is 0 Å². The van der Waals surface area contributed by atoms with Gasteiger partial charge in [-0.3, -0.25) is 0 Å². The van der Waals surface area contributed by atoms with Gasteiger partial charge in [0.15, 0.2) is 0 Å². The molecule has 0 amide bonds. The summed E-state index contributed by atoms with van der Waals surface area (Å²) in [5.74, 6) is -0.0204. The molecule has 146 valence electrons. The molecule has 2 nitrogen and oxygen atoms in total. The predicted octanol–water partition coefficient (Wildman–Crippen LogP) is 4.68. The number of carbonyl (C=O) groups excluding carboxylic acids is 1. The van der Waals surface area contributed by atoms with Crippen molar-refractivity contribution in [1.82, 2.24) is 0 Å². The van der Waals surface area contributed by atoms with Gasteiger partial charge in [-0.1, -0.05) is 0 Å². The second-order valence-corrected chi connectivity index (χ2v) is 9.03. The summed E-state index contributed by atoms with van der Waals surface area (Å²) in [5.41, 5.74) is 3.47. The van der Waals surface area contributed by atoms with Crippen LogP contribution in [0.5, 0.6) is 0 Å². The van der Waals surface area contributed by atoms with Crippen molar-refractivity contribution < 1.29 is 4.79 Å².